The van der Waals surface area contributed by atoms with Crippen molar-refractivity contribution >= 4 is 9.76 Å². The van der Waals surface area contributed by atoms with Crippen LogP contribution in [-0.2, 0) is 0 Å². The molecule has 280 valence electrons. The third kappa shape index (κ3) is 23.3. The predicted octanol–water partition coefficient (Wildman–Crippen LogP) is 13.6. The molecule has 0 saturated carbocycles. The van der Waals surface area contributed by atoms with Crippen molar-refractivity contribution in [1.29, 1.82) is 0 Å². The molecule has 0 bridgehead atoms. The van der Waals surface area contributed by atoms with Crippen molar-refractivity contribution in [3.05, 3.63) is 59.7 Å². The van der Waals surface area contributed by atoms with E-state index in [2.05, 4.69) is 62.4 Å². The number of ether oxygens (including phenoxy) is 2. The summed E-state index contributed by atoms with van der Waals surface area (Å²) in [6.45, 7) is 6.12. The fourth-order valence-corrected chi connectivity index (χ4v) is 7.95. The molecule has 0 heterocycles. The van der Waals surface area contributed by atoms with Gasteiger partial charge in [-0.15, -0.1) is 0 Å². The van der Waals surface area contributed by atoms with Crippen LogP contribution in [0, 0.1) is 0 Å². The van der Waals surface area contributed by atoms with Crippen LogP contribution in [-0.4, -0.2) is 27.8 Å². The summed E-state index contributed by atoms with van der Waals surface area (Å²) in [5, 5.41) is 0. The monoisotopic (exact) mass is 695 g/mol. The first-order valence-electron chi connectivity index (χ1n) is 21.3. The summed E-state index contributed by atoms with van der Waals surface area (Å²) >= 11 is 0. The highest BCUT2D eigenvalue weighted by atomic mass is 28.2. The predicted molar refractivity (Wildman–Crippen MR) is 217 cm³/mol. The average Bonchev–Trinajstić information content (AvgIpc) is 3.12. The Hall–Kier alpha value is -1.78. The second-order valence-electron chi connectivity index (χ2n) is 14.8. The van der Waals surface area contributed by atoms with E-state index in [0.717, 1.165) is 48.7 Å². The fraction of sp³-hybridized carbons (Fsp3) is 0.733. The molecule has 3 nitrogen and oxygen atoms in total. The van der Waals surface area contributed by atoms with E-state index >= 15 is 0 Å². The molecule has 0 spiro atoms. The molecule has 0 aliphatic rings. The molecule has 0 atom stereocenters. The summed E-state index contributed by atoms with van der Waals surface area (Å²) in [7, 11) is -1.31. The molecule has 2 aromatic rings. The van der Waals surface area contributed by atoms with Gasteiger partial charge in [-0.1, -0.05) is 205 Å². The second-order valence-corrected chi connectivity index (χ2v) is 16.0. The van der Waals surface area contributed by atoms with Crippen LogP contribution in [0.3, 0.4) is 0 Å². The van der Waals surface area contributed by atoms with Gasteiger partial charge in [-0.3, -0.25) is 0 Å². The Morgan fingerprint density at radius 2 is 0.714 bits per heavy atom. The highest BCUT2D eigenvalue weighted by molar-refractivity contribution is 6.29. The molecule has 0 aliphatic carbocycles. The quantitative estimate of drug-likeness (QED) is 0.0576. The summed E-state index contributed by atoms with van der Waals surface area (Å²) in [6.07, 6.45) is 38.3. The van der Waals surface area contributed by atoms with E-state index in [1.54, 1.807) is 0 Å². The van der Waals surface area contributed by atoms with E-state index in [1.165, 1.54) is 167 Å². The van der Waals surface area contributed by atoms with Gasteiger partial charge in [0.05, 0.1) is 13.2 Å². The van der Waals surface area contributed by atoms with Crippen molar-refractivity contribution < 1.29 is 14.3 Å². The van der Waals surface area contributed by atoms with Crippen molar-refractivity contribution in [2.75, 3.05) is 13.2 Å². The van der Waals surface area contributed by atoms with E-state index < -0.39 is 9.76 Å². The summed E-state index contributed by atoms with van der Waals surface area (Å²) < 4.78 is 12.3. The maximum absolute atomic E-state index is 10.5. The lowest BCUT2D eigenvalue weighted by atomic mass is 10.0. The lowest BCUT2D eigenvalue weighted by Crippen LogP contribution is -2.10. The summed E-state index contributed by atoms with van der Waals surface area (Å²) in [5.41, 5.74) is 2.35. The van der Waals surface area contributed by atoms with Gasteiger partial charge >= 0.3 is 0 Å². The molecular formula is C45H78O3Si. The summed E-state index contributed by atoms with van der Waals surface area (Å²) in [4.78, 5) is 10.5. The van der Waals surface area contributed by atoms with E-state index in [1.807, 2.05) is 0 Å². The average molecular weight is 695 g/mol. The van der Waals surface area contributed by atoms with E-state index in [-0.39, 0.29) is 5.54 Å². The Kier molecular flexibility index (Phi) is 28.5. The van der Waals surface area contributed by atoms with E-state index in [4.69, 9.17) is 9.47 Å². The molecular weight excluding hydrogens is 617 g/mol. The van der Waals surface area contributed by atoms with E-state index in [9.17, 15) is 4.80 Å². The first-order valence-corrected chi connectivity index (χ1v) is 22.8. The summed E-state index contributed by atoms with van der Waals surface area (Å²) in [5.74, 6) is 1.84. The molecule has 2 aromatic carbocycles. The normalized spacial score (nSPS) is 11.7. The Morgan fingerprint density at radius 3 is 1.00 bits per heavy atom. The zero-order chi connectivity index (χ0) is 34.9. The van der Waals surface area contributed by atoms with Crippen LogP contribution >= 0.6 is 0 Å². The molecule has 49 heavy (non-hydrogen) atoms. The van der Waals surface area contributed by atoms with Crippen molar-refractivity contribution in [3.8, 4) is 11.5 Å². The molecule has 0 saturated heterocycles. The Morgan fingerprint density at radius 1 is 0.429 bits per heavy atom. The van der Waals surface area contributed by atoms with Gasteiger partial charge in [0.15, 0.2) is 9.76 Å². The number of rotatable bonds is 35. The van der Waals surface area contributed by atoms with Gasteiger partial charge in [0.2, 0.25) is 0 Å². The molecule has 0 aliphatic heterocycles. The van der Waals surface area contributed by atoms with Gasteiger partial charge in [-0.25, -0.2) is 0 Å². The van der Waals surface area contributed by atoms with Crippen molar-refractivity contribution in [2.24, 2.45) is 0 Å². The first-order chi connectivity index (χ1) is 24.3. The number of benzene rings is 2. The Labute approximate surface area is 306 Å². The minimum absolute atomic E-state index is 0.0502. The van der Waals surface area contributed by atoms with Crippen LogP contribution in [0.2, 0.25) is 0 Å². The first kappa shape index (κ1) is 43.4. The third-order valence-corrected chi connectivity index (χ3v) is 11.5. The second kappa shape index (κ2) is 32.1. The highest BCUT2D eigenvalue weighted by Gasteiger charge is 2.16. The fourth-order valence-electron chi connectivity index (χ4n) is 7.02. The number of unbranched alkanes of at least 4 members (excludes halogenated alkanes) is 26. The van der Waals surface area contributed by atoms with Crippen LogP contribution in [0.5, 0.6) is 11.5 Å². The van der Waals surface area contributed by atoms with Gasteiger partial charge in [0.1, 0.15) is 11.5 Å². The van der Waals surface area contributed by atoms with Gasteiger partial charge < -0.3 is 14.3 Å². The van der Waals surface area contributed by atoms with Crippen LogP contribution < -0.4 is 9.47 Å². The Bertz CT molecular complexity index is 917. The molecule has 0 amide bonds. The van der Waals surface area contributed by atoms with Crippen molar-refractivity contribution in [2.45, 2.75) is 199 Å². The van der Waals surface area contributed by atoms with Crippen molar-refractivity contribution in [3.63, 3.8) is 0 Å². The molecule has 0 aromatic heterocycles. The Balaban J connectivity index is 1.55. The van der Waals surface area contributed by atoms with Crippen LogP contribution in [0.25, 0.3) is 0 Å². The van der Waals surface area contributed by atoms with Gasteiger partial charge in [0.25, 0.3) is 0 Å². The highest BCUT2D eigenvalue weighted by Crippen LogP contribution is 2.29. The number of hydrogen-bond donors (Lipinski definition) is 1. The molecule has 0 fully saturated rings. The molecule has 0 unspecified atom stereocenters. The topological polar surface area (TPSA) is 38.7 Å². The third-order valence-electron chi connectivity index (χ3n) is 10.2. The molecule has 2 rings (SSSR count). The van der Waals surface area contributed by atoms with Crippen molar-refractivity contribution in [1.82, 2.24) is 0 Å². The maximum Gasteiger partial charge on any atom is 0.168 e. The van der Waals surface area contributed by atoms with Crippen LogP contribution in [0.4, 0.5) is 0 Å². The number of hydrogen-bond acceptors (Lipinski definition) is 3. The molecule has 0 radical (unpaired) electrons. The van der Waals surface area contributed by atoms with Crippen LogP contribution in [0.1, 0.15) is 210 Å². The molecule has 1 N–H and O–H groups in total. The van der Waals surface area contributed by atoms with Gasteiger partial charge in [-0.05, 0) is 48.2 Å². The van der Waals surface area contributed by atoms with E-state index in [0.29, 0.717) is 0 Å². The summed E-state index contributed by atoms with van der Waals surface area (Å²) in [6, 6.07) is 16.8. The van der Waals surface area contributed by atoms with Gasteiger partial charge in [-0.2, -0.15) is 0 Å². The lowest BCUT2D eigenvalue weighted by Gasteiger charge is -2.17. The smallest absolute Gasteiger partial charge is 0.168 e. The van der Waals surface area contributed by atoms with Gasteiger partial charge in [0, 0.05) is 5.54 Å². The SMILES string of the molecule is CCCCCCCCCCCCCCCCOc1cccc(C([SiH2]O)c2cccc(OCCCCCCCCCCCCCCCC)c2)c1. The minimum Gasteiger partial charge on any atom is -0.494 e. The van der Waals surface area contributed by atoms with Crippen LogP contribution in [0.15, 0.2) is 48.5 Å². The molecule has 4 heteroatoms. The zero-order valence-electron chi connectivity index (χ0n) is 32.4. The standard InChI is InChI=1S/C45H78O3Si/c1-3-5-7-9-11-13-15-17-19-21-23-25-27-29-37-47-43-35-31-33-41(39-43)45(49-46)42-34-32-36-44(40-42)48-38-30-28-26-24-22-20-18-16-14-12-10-8-6-4-2/h31-36,39-40,45-46H,3-30,37-38,49H2,1-2H3. The minimum atomic E-state index is -1.31. The maximum atomic E-state index is 10.5. The zero-order valence-corrected chi connectivity index (χ0v) is 33.8. The largest absolute Gasteiger partial charge is 0.494 e. The lowest BCUT2D eigenvalue weighted by molar-refractivity contribution is 0.303.